The van der Waals surface area contributed by atoms with Crippen molar-refractivity contribution in [3.63, 3.8) is 0 Å². The van der Waals surface area contributed by atoms with E-state index in [0.717, 1.165) is 12.8 Å². The molecular formula is C12H26ClN3O3S. The van der Waals surface area contributed by atoms with Crippen molar-refractivity contribution in [2.45, 2.75) is 38.0 Å². The van der Waals surface area contributed by atoms with Gasteiger partial charge in [0, 0.05) is 33.2 Å². The molecule has 0 saturated carbocycles. The molecule has 120 valence electrons. The Hall–Kier alpha value is -0.370. The van der Waals surface area contributed by atoms with Crippen molar-refractivity contribution < 1.29 is 13.2 Å². The minimum atomic E-state index is -3.64. The zero-order valence-electron chi connectivity index (χ0n) is 12.6. The zero-order valence-corrected chi connectivity index (χ0v) is 14.2. The summed E-state index contributed by atoms with van der Waals surface area (Å²) in [5.74, 6) is -0.163. The quantitative estimate of drug-likeness (QED) is 0.803. The van der Waals surface area contributed by atoms with Crippen LogP contribution < -0.4 is 5.73 Å². The molecule has 0 bridgehead atoms. The van der Waals surface area contributed by atoms with Crippen molar-refractivity contribution in [3.8, 4) is 0 Å². The van der Waals surface area contributed by atoms with Crippen molar-refractivity contribution in [1.82, 2.24) is 9.21 Å². The van der Waals surface area contributed by atoms with Crippen LogP contribution in [0.2, 0.25) is 0 Å². The number of amides is 1. The van der Waals surface area contributed by atoms with Gasteiger partial charge in [-0.15, -0.1) is 12.4 Å². The van der Waals surface area contributed by atoms with Crippen molar-refractivity contribution >= 4 is 28.3 Å². The largest absolute Gasteiger partial charge is 0.348 e. The van der Waals surface area contributed by atoms with Gasteiger partial charge in [-0.05, 0) is 25.7 Å². The molecule has 1 aliphatic rings. The van der Waals surface area contributed by atoms with E-state index >= 15 is 0 Å². The summed E-state index contributed by atoms with van der Waals surface area (Å²) in [4.78, 5) is 13.2. The van der Waals surface area contributed by atoms with Gasteiger partial charge in [-0.1, -0.05) is 6.92 Å². The Morgan fingerprint density at radius 1 is 1.45 bits per heavy atom. The molecule has 3 atom stereocenters. The highest BCUT2D eigenvalue weighted by Crippen LogP contribution is 2.27. The fraction of sp³-hybridized carbons (Fsp3) is 0.917. The van der Waals surface area contributed by atoms with E-state index in [1.54, 1.807) is 14.1 Å². The third-order valence-corrected chi connectivity index (χ3v) is 6.07. The van der Waals surface area contributed by atoms with Gasteiger partial charge >= 0.3 is 0 Å². The molecule has 0 aromatic heterocycles. The molecule has 0 aliphatic carbocycles. The molecule has 1 fully saturated rings. The predicted octanol–water partition coefficient (Wildman–Crippen LogP) is 0.274. The fourth-order valence-electron chi connectivity index (χ4n) is 2.57. The highest BCUT2D eigenvalue weighted by Gasteiger charge is 2.41. The maximum Gasteiger partial charge on any atom is 0.241 e. The first-order chi connectivity index (χ1) is 8.73. The van der Waals surface area contributed by atoms with Crippen LogP contribution in [0.3, 0.4) is 0 Å². The maximum atomic E-state index is 12.6. The second kappa shape index (κ2) is 7.59. The van der Waals surface area contributed by atoms with Crippen molar-refractivity contribution in [1.29, 1.82) is 0 Å². The van der Waals surface area contributed by atoms with E-state index < -0.39 is 21.2 Å². The molecular weight excluding hydrogens is 302 g/mol. The normalized spacial score (nSPS) is 25.6. The summed E-state index contributed by atoms with van der Waals surface area (Å²) in [5.41, 5.74) is 5.72. The topological polar surface area (TPSA) is 83.7 Å². The van der Waals surface area contributed by atoms with Crippen LogP contribution in [0.1, 0.15) is 26.7 Å². The summed E-state index contributed by atoms with van der Waals surface area (Å²) in [7, 11) is -0.512. The van der Waals surface area contributed by atoms with E-state index in [4.69, 9.17) is 5.73 Å². The van der Waals surface area contributed by atoms with Crippen LogP contribution in [0.15, 0.2) is 0 Å². The highest BCUT2D eigenvalue weighted by atomic mass is 35.5. The molecule has 20 heavy (non-hydrogen) atoms. The molecule has 1 rings (SSSR count). The first-order valence-electron chi connectivity index (χ1n) is 6.65. The van der Waals surface area contributed by atoms with E-state index in [2.05, 4.69) is 0 Å². The fourth-order valence-corrected chi connectivity index (χ4v) is 4.50. The molecule has 1 saturated heterocycles. The van der Waals surface area contributed by atoms with Gasteiger partial charge in [0.25, 0.3) is 0 Å². The highest BCUT2D eigenvalue weighted by molar-refractivity contribution is 7.90. The number of piperidine rings is 1. The number of nitrogens with zero attached hydrogens (tertiary/aromatic N) is 2. The average molecular weight is 328 g/mol. The molecule has 1 aliphatic heterocycles. The Balaban J connectivity index is 0.00000361. The van der Waals surface area contributed by atoms with Gasteiger partial charge in [0.1, 0.15) is 0 Å². The van der Waals surface area contributed by atoms with E-state index in [1.165, 1.54) is 16.1 Å². The zero-order chi connectivity index (χ0) is 14.8. The number of carbonyl (C=O) groups excluding carboxylic acids is 1. The van der Waals surface area contributed by atoms with Gasteiger partial charge in [0.15, 0.2) is 5.25 Å². The number of halogens is 1. The number of hydrogen-bond acceptors (Lipinski definition) is 4. The van der Waals surface area contributed by atoms with Crippen LogP contribution in [0, 0.1) is 5.92 Å². The van der Waals surface area contributed by atoms with Crippen LogP contribution in [0.4, 0.5) is 0 Å². The molecule has 1 heterocycles. The lowest BCUT2D eigenvalue weighted by atomic mass is 9.93. The molecule has 0 aromatic rings. The SMILES string of the molecule is CC1CCCN(S(=O)(=O)C(C)C(=O)N(C)C)C1CN.Cl. The monoisotopic (exact) mass is 327 g/mol. The lowest BCUT2D eigenvalue weighted by Gasteiger charge is -2.39. The summed E-state index contributed by atoms with van der Waals surface area (Å²) < 4.78 is 26.6. The summed E-state index contributed by atoms with van der Waals surface area (Å²) in [6, 6.07) is -0.198. The Bertz CT molecular complexity index is 428. The van der Waals surface area contributed by atoms with Gasteiger partial charge in [-0.25, -0.2) is 8.42 Å². The van der Waals surface area contributed by atoms with E-state index in [9.17, 15) is 13.2 Å². The van der Waals surface area contributed by atoms with Crippen LogP contribution in [0.25, 0.3) is 0 Å². The summed E-state index contributed by atoms with van der Waals surface area (Å²) in [6.07, 6.45) is 1.80. The third kappa shape index (κ3) is 3.84. The first-order valence-corrected chi connectivity index (χ1v) is 8.15. The molecule has 8 heteroatoms. The van der Waals surface area contributed by atoms with Crippen LogP contribution in [-0.2, 0) is 14.8 Å². The van der Waals surface area contributed by atoms with Crippen LogP contribution in [0.5, 0.6) is 0 Å². The van der Waals surface area contributed by atoms with Gasteiger partial charge in [-0.2, -0.15) is 4.31 Å². The summed E-state index contributed by atoms with van der Waals surface area (Å²) in [5, 5.41) is -1.05. The average Bonchev–Trinajstić information content (AvgIpc) is 2.36. The Kier molecular flexibility index (Phi) is 7.44. The Morgan fingerprint density at radius 2 is 2.00 bits per heavy atom. The van der Waals surface area contributed by atoms with Gasteiger partial charge in [0.05, 0.1) is 0 Å². The predicted molar refractivity (Wildman–Crippen MR) is 82.3 cm³/mol. The van der Waals surface area contributed by atoms with Gasteiger partial charge < -0.3 is 10.6 Å². The van der Waals surface area contributed by atoms with E-state index in [-0.39, 0.29) is 24.4 Å². The minimum Gasteiger partial charge on any atom is -0.348 e. The van der Waals surface area contributed by atoms with E-state index in [1.807, 2.05) is 6.92 Å². The Labute approximate surface area is 128 Å². The van der Waals surface area contributed by atoms with E-state index in [0.29, 0.717) is 13.1 Å². The van der Waals surface area contributed by atoms with Crippen molar-refractivity contribution in [3.05, 3.63) is 0 Å². The van der Waals surface area contributed by atoms with Crippen LogP contribution >= 0.6 is 12.4 Å². The summed E-state index contributed by atoms with van der Waals surface area (Å²) >= 11 is 0. The minimum absolute atomic E-state index is 0. The molecule has 0 aromatic carbocycles. The second-order valence-electron chi connectivity index (χ2n) is 5.45. The number of sulfonamides is 1. The molecule has 1 amide bonds. The molecule has 0 radical (unpaired) electrons. The lowest BCUT2D eigenvalue weighted by molar-refractivity contribution is -0.128. The van der Waals surface area contributed by atoms with Gasteiger partial charge in [0.2, 0.25) is 15.9 Å². The molecule has 2 N–H and O–H groups in total. The number of nitrogens with two attached hydrogens (primary N) is 1. The summed E-state index contributed by atoms with van der Waals surface area (Å²) in [6.45, 7) is 4.21. The van der Waals surface area contributed by atoms with Crippen LogP contribution in [-0.4, -0.2) is 62.0 Å². The Morgan fingerprint density at radius 3 is 2.45 bits per heavy atom. The molecule has 6 nitrogen and oxygen atoms in total. The standard InChI is InChI=1S/C12H25N3O3S.ClH/c1-9-6-5-7-15(11(9)8-13)19(17,18)10(2)12(16)14(3)4;/h9-11H,5-8,13H2,1-4H3;1H. The molecule has 3 unspecified atom stereocenters. The number of rotatable bonds is 4. The number of hydrogen-bond donors (Lipinski definition) is 1. The number of carbonyl (C=O) groups is 1. The molecule has 0 spiro atoms. The third-order valence-electron chi connectivity index (χ3n) is 3.87. The van der Waals surface area contributed by atoms with Crippen molar-refractivity contribution in [2.75, 3.05) is 27.2 Å². The maximum absolute atomic E-state index is 12.6. The smallest absolute Gasteiger partial charge is 0.241 e. The van der Waals surface area contributed by atoms with Gasteiger partial charge in [-0.3, -0.25) is 4.79 Å². The second-order valence-corrected chi connectivity index (χ2v) is 7.66. The van der Waals surface area contributed by atoms with Crippen molar-refractivity contribution in [2.24, 2.45) is 11.7 Å². The first kappa shape index (κ1) is 19.6. The lowest BCUT2D eigenvalue weighted by Crippen LogP contribution is -2.55.